The van der Waals surface area contributed by atoms with Crippen LogP contribution in [0.5, 0.6) is 0 Å². The van der Waals surface area contributed by atoms with Crippen LogP contribution in [0.15, 0.2) is 0 Å². The molecule has 0 saturated heterocycles. The molecule has 6 atom stereocenters. The Labute approximate surface area is 192 Å². The van der Waals surface area contributed by atoms with Gasteiger partial charge in [0, 0.05) is 0 Å². The second-order valence-electron chi connectivity index (χ2n) is 7.52. The highest BCUT2D eigenvalue weighted by atomic mass is 32.2. The standard InChI is InChI=1S/C19H37N5O7S/c1-10(25)14(21)17(28)24-15(11(2)26)18(29)22-12(6-4-5-8-20)16(27)23-13(19(30)31)7-9-32-3/h10-15,25-26H,4-9,20-21H2,1-3H3,(H,22,29)(H,23,27)(H,24,28)(H,30,31). The smallest absolute Gasteiger partial charge is 0.326 e. The summed E-state index contributed by atoms with van der Waals surface area (Å²) in [5.41, 5.74) is 11.0. The lowest BCUT2D eigenvalue weighted by atomic mass is 10.1. The summed E-state index contributed by atoms with van der Waals surface area (Å²) in [6.45, 7) is 2.94. The lowest BCUT2D eigenvalue weighted by Crippen LogP contribution is -2.60. The summed E-state index contributed by atoms with van der Waals surface area (Å²) >= 11 is 1.43. The maximum absolute atomic E-state index is 12.7. The first-order chi connectivity index (χ1) is 15.0. The normalized spacial score (nSPS) is 16.7. The molecule has 0 radical (unpaired) electrons. The van der Waals surface area contributed by atoms with Crippen LogP contribution in [0, 0.1) is 0 Å². The quantitative estimate of drug-likeness (QED) is 0.109. The van der Waals surface area contributed by atoms with Crippen LogP contribution in [0.2, 0.25) is 0 Å². The minimum Gasteiger partial charge on any atom is -0.480 e. The molecular formula is C19H37N5O7S. The first-order valence-corrected chi connectivity index (χ1v) is 11.8. The van der Waals surface area contributed by atoms with Gasteiger partial charge in [0.1, 0.15) is 24.2 Å². The van der Waals surface area contributed by atoms with E-state index in [2.05, 4.69) is 16.0 Å². The number of aliphatic hydroxyl groups is 2. The number of nitrogens with one attached hydrogen (secondary N) is 3. The van der Waals surface area contributed by atoms with Crippen molar-refractivity contribution in [1.29, 1.82) is 0 Å². The third-order valence-electron chi connectivity index (χ3n) is 4.69. The number of hydrogen-bond donors (Lipinski definition) is 8. The molecule has 13 heteroatoms. The Morgan fingerprint density at radius 2 is 1.47 bits per heavy atom. The van der Waals surface area contributed by atoms with Crippen LogP contribution in [0.3, 0.4) is 0 Å². The summed E-state index contributed by atoms with van der Waals surface area (Å²) in [7, 11) is 0. The Kier molecular flexibility index (Phi) is 14.9. The van der Waals surface area contributed by atoms with Crippen molar-refractivity contribution in [2.24, 2.45) is 11.5 Å². The van der Waals surface area contributed by atoms with Gasteiger partial charge in [-0.05, 0) is 58.1 Å². The maximum Gasteiger partial charge on any atom is 0.326 e. The highest BCUT2D eigenvalue weighted by molar-refractivity contribution is 7.98. The van der Waals surface area contributed by atoms with E-state index in [0.29, 0.717) is 25.1 Å². The number of thioether (sulfide) groups is 1. The molecular weight excluding hydrogens is 442 g/mol. The van der Waals surface area contributed by atoms with Crippen molar-refractivity contribution in [3.63, 3.8) is 0 Å². The molecule has 12 nitrogen and oxygen atoms in total. The van der Waals surface area contributed by atoms with Crippen LogP contribution in [0.25, 0.3) is 0 Å². The number of aliphatic hydroxyl groups excluding tert-OH is 2. The summed E-state index contributed by atoms with van der Waals surface area (Å²) in [6, 6.07) is -4.99. The lowest BCUT2D eigenvalue weighted by molar-refractivity contribution is -0.142. The topological polar surface area (TPSA) is 217 Å². The SMILES string of the molecule is CSCCC(NC(=O)C(CCCCN)NC(=O)C(NC(=O)C(N)C(C)O)C(C)O)C(=O)O. The molecule has 0 aromatic rings. The van der Waals surface area contributed by atoms with Gasteiger partial charge in [0.25, 0.3) is 0 Å². The van der Waals surface area contributed by atoms with Gasteiger partial charge >= 0.3 is 5.97 Å². The number of aliphatic carboxylic acids is 1. The molecule has 186 valence electrons. The van der Waals surface area contributed by atoms with Crippen molar-refractivity contribution in [2.45, 2.75) is 75.9 Å². The first kappa shape index (κ1) is 30.1. The highest BCUT2D eigenvalue weighted by Crippen LogP contribution is 2.06. The van der Waals surface area contributed by atoms with Gasteiger partial charge in [-0.25, -0.2) is 4.79 Å². The summed E-state index contributed by atoms with van der Waals surface area (Å²) in [6.07, 6.45) is 0.736. The minimum atomic E-state index is -1.44. The third kappa shape index (κ3) is 11.1. The molecule has 0 fully saturated rings. The highest BCUT2D eigenvalue weighted by Gasteiger charge is 2.32. The molecule has 0 aliphatic carbocycles. The van der Waals surface area contributed by atoms with Crippen LogP contribution < -0.4 is 27.4 Å². The number of carboxylic acids is 1. The molecule has 32 heavy (non-hydrogen) atoms. The van der Waals surface area contributed by atoms with Gasteiger partial charge in [-0.3, -0.25) is 14.4 Å². The van der Waals surface area contributed by atoms with Crippen molar-refractivity contribution in [3.8, 4) is 0 Å². The monoisotopic (exact) mass is 479 g/mol. The fourth-order valence-corrected chi connectivity index (χ4v) is 3.13. The Bertz CT molecular complexity index is 621. The number of nitrogens with two attached hydrogens (primary N) is 2. The van der Waals surface area contributed by atoms with Crippen LogP contribution in [-0.4, -0.2) is 93.9 Å². The zero-order chi connectivity index (χ0) is 24.8. The van der Waals surface area contributed by atoms with Crippen LogP contribution >= 0.6 is 11.8 Å². The summed E-state index contributed by atoms with van der Waals surface area (Å²) in [5, 5.41) is 35.9. The van der Waals surface area contributed by atoms with E-state index in [1.165, 1.54) is 25.6 Å². The van der Waals surface area contributed by atoms with E-state index in [1.54, 1.807) is 0 Å². The van der Waals surface area contributed by atoms with Crippen LogP contribution in [0.1, 0.15) is 39.5 Å². The van der Waals surface area contributed by atoms with Gasteiger partial charge in [-0.2, -0.15) is 11.8 Å². The van der Waals surface area contributed by atoms with Gasteiger partial charge in [0.05, 0.1) is 12.2 Å². The van der Waals surface area contributed by atoms with Crippen molar-refractivity contribution in [3.05, 3.63) is 0 Å². The summed E-state index contributed by atoms with van der Waals surface area (Å²) in [5.74, 6) is -3.08. The van der Waals surface area contributed by atoms with Gasteiger partial charge in [-0.15, -0.1) is 0 Å². The molecule has 10 N–H and O–H groups in total. The van der Waals surface area contributed by atoms with Crippen LogP contribution in [-0.2, 0) is 19.2 Å². The molecule has 0 aliphatic rings. The molecule has 0 rings (SSSR count). The zero-order valence-electron chi connectivity index (χ0n) is 18.7. The molecule has 0 saturated carbocycles. The second kappa shape index (κ2) is 15.8. The molecule has 0 aromatic carbocycles. The average Bonchev–Trinajstić information content (AvgIpc) is 2.72. The number of amides is 3. The number of carboxylic acid groups (broad SMARTS) is 1. The van der Waals surface area contributed by atoms with E-state index in [1.807, 2.05) is 6.26 Å². The van der Waals surface area contributed by atoms with E-state index < -0.39 is 60.1 Å². The Morgan fingerprint density at radius 3 is 1.94 bits per heavy atom. The predicted octanol–water partition coefficient (Wildman–Crippen LogP) is -2.50. The van der Waals surface area contributed by atoms with E-state index in [0.717, 1.165) is 0 Å². The Balaban J connectivity index is 5.41. The number of carbonyl (C=O) groups is 4. The number of rotatable bonds is 16. The molecule has 0 aliphatic heterocycles. The molecule has 0 spiro atoms. The maximum atomic E-state index is 12.7. The molecule has 3 amide bonds. The summed E-state index contributed by atoms with van der Waals surface area (Å²) in [4.78, 5) is 49.0. The fraction of sp³-hybridized carbons (Fsp3) is 0.789. The van der Waals surface area contributed by atoms with Gasteiger partial charge in [-0.1, -0.05) is 0 Å². The third-order valence-corrected chi connectivity index (χ3v) is 5.33. The zero-order valence-corrected chi connectivity index (χ0v) is 19.6. The summed E-state index contributed by atoms with van der Waals surface area (Å²) < 4.78 is 0. The van der Waals surface area contributed by atoms with Gasteiger partial charge in [0.2, 0.25) is 17.7 Å². The molecule has 0 aromatic heterocycles. The first-order valence-electron chi connectivity index (χ1n) is 10.4. The Morgan fingerprint density at radius 1 is 0.875 bits per heavy atom. The predicted molar refractivity (Wildman–Crippen MR) is 121 cm³/mol. The second-order valence-corrected chi connectivity index (χ2v) is 8.51. The number of hydrogen-bond acceptors (Lipinski definition) is 9. The van der Waals surface area contributed by atoms with Crippen molar-refractivity contribution >= 4 is 35.5 Å². The number of unbranched alkanes of at least 4 members (excludes halogenated alkanes) is 1. The van der Waals surface area contributed by atoms with Crippen molar-refractivity contribution in [2.75, 3.05) is 18.6 Å². The van der Waals surface area contributed by atoms with Crippen LogP contribution in [0.4, 0.5) is 0 Å². The van der Waals surface area contributed by atoms with E-state index in [9.17, 15) is 34.5 Å². The van der Waals surface area contributed by atoms with Crippen molar-refractivity contribution in [1.82, 2.24) is 16.0 Å². The van der Waals surface area contributed by atoms with Crippen molar-refractivity contribution < 1.29 is 34.5 Å². The number of carbonyl (C=O) groups excluding carboxylic acids is 3. The van der Waals surface area contributed by atoms with E-state index in [-0.39, 0.29) is 12.8 Å². The van der Waals surface area contributed by atoms with Gasteiger partial charge < -0.3 is 42.7 Å². The largest absolute Gasteiger partial charge is 0.480 e. The Hall–Kier alpha value is -1.93. The fourth-order valence-electron chi connectivity index (χ4n) is 2.66. The van der Waals surface area contributed by atoms with E-state index in [4.69, 9.17) is 11.5 Å². The van der Waals surface area contributed by atoms with E-state index >= 15 is 0 Å². The van der Waals surface area contributed by atoms with Gasteiger partial charge in [0.15, 0.2) is 0 Å². The molecule has 0 bridgehead atoms. The lowest BCUT2D eigenvalue weighted by Gasteiger charge is -2.27. The minimum absolute atomic E-state index is 0.178. The average molecular weight is 480 g/mol. The molecule has 0 heterocycles. The molecule has 6 unspecified atom stereocenters.